The number of hydrogen-bond donors (Lipinski definition) is 1. The largest absolute Gasteiger partial charge is 0.480 e. The van der Waals surface area contributed by atoms with Crippen molar-refractivity contribution in [2.45, 2.75) is 12.5 Å². The molecule has 1 heterocycles. The maximum absolute atomic E-state index is 11.7. The second kappa shape index (κ2) is 7.90. The van der Waals surface area contributed by atoms with Gasteiger partial charge in [0.05, 0.1) is 11.4 Å². The summed E-state index contributed by atoms with van der Waals surface area (Å²) >= 11 is 3.12. The van der Waals surface area contributed by atoms with E-state index in [2.05, 4.69) is 25.9 Å². The SMILES string of the molecule is O=C(O)[C@H](Cc1coc(Br)n1)N=C(c1ccccc1)c1ccccc1. The van der Waals surface area contributed by atoms with E-state index in [9.17, 15) is 9.90 Å². The summed E-state index contributed by atoms with van der Waals surface area (Å²) in [5.74, 6) is -1.01. The molecule has 126 valence electrons. The van der Waals surface area contributed by atoms with E-state index >= 15 is 0 Å². The number of carbonyl (C=O) groups is 1. The number of oxazole rings is 1. The van der Waals surface area contributed by atoms with Crippen molar-refractivity contribution in [3.05, 3.63) is 88.5 Å². The van der Waals surface area contributed by atoms with Crippen LogP contribution in [0.5, 0.6) is 0 Å². The first-order valence-corrected chi connectivity index (χ1v) is 8.44. The molecule has 0 saturated carbocycles. The Labute approximate surface area is 153 Å². The monoisotopic (exact) mass is 398 g/mol. The summed E-state index contributed by atoms with van der Waals surface area (Å²) in [6.45, 7) is 0. The zero-order chi connectivity index (χ0) is 17.6. The van der Waals surface area contributed by atoms with Gasteiger partial charge in [-0.3, -0.25) is 4.99 Å². The summed E-state index contributed by atoms with van der Waals surface area (Å²) < 4.78 is 5.08. The number of halogens is 1. The fourth-order valence-electron chi connectivity index (χ4n) is 2.43. The number of benzene rings is 2. The normalized spacial score (nSPS) is 11.7. The van der Waals surface area contributed by atoms with Crippen molar-refractivity contribution in [2.75, 3.05) is 0 Å². The lowest BCUT2D eigenvalue weighted by molar-refractivity contribution is -0.138. The van der Waals surface area contributed by atoms with Gasteiger partial charge in [0.15, 0.2) is 6.04 Å². The van der Waals surface area contributed by atoms with Crippen LogP contribution in [-0.4, -0.2) is 27.8 Å². The van der Waals surface area contributed by atoms with Gasteiger partial charge < -0.3 is 9.52 Å². The van der Waals surface area contributed by atoms with Crippen molar-refractivity contribution in [2.24, 2.45) is 4.99 Å². The van der Waals surface area contributed by atoms with Gasteiger partial charge in [0, 0.05) is 33.5 Å². The Morgan fingerprint density at radius 1 is 1.08 bits per heavy atom. The minimum atomic E-state index is -1.01. The summed E-state index contributed by atoms with van der Waals surface area (Å²) in [6, 6.07) is 18.1. The molecule has 3 aromatic rings. The topological polar surface area (TPSA) is 75.7 Å². The van der Waals surface area contributed by atoms with E-state index in [0.717, 1.165) is 11.1 Å². The molecule has 5 nitrogen and oxygen atoms in total. The summed E-state index contributed by atoms with van der Waals surface area (Å²) in [7, 11) is 0. The lowest BCUT2D eigenvalue weighted by Gasteiger charge is -2.12. The molecule has 0 saturated heterocycles. The molecule has 0 fully saturated rings. The van der Waals surface area contributed by atoms with Crippen molar-refractivity contribution in [1.29, 1.82) is 0 Å². The minimum absolute atomic E-state index is 0.146. The quantitative estimate of drug-likeness (QED) is 0.637. The molecular formula is C19H15BrN2O3. The number of carboxylic acid groups (broad SMARTS) is 1. The van der Waals surface area contributed by atoms with Gasteiger partial charge in [0.25, 0.3) is 4.80 Å². The molecule has 0 aliphatic rings. The molecule has 0 spiro atoms. The predicted octanol–water partition coefficient (Wildman–Crippen LogP) is 3.97. The molecule has 0 aliphatic heterocycles. The summed E-state index contributed by atoms with van der Waals surface area (Å²) in [6.07, 6.45) is 1.58. The van der Waals surface area contributed by atoms with Crippen LogP contribution in [0.1, 0.15) is 16.8 Å². The zero-order valence-electron chi connectivity index (χ0n) is 13.2. The van der Waals surface area contributed by atoms with Crippen LogP contribution < -0.4 is 0 Å². The second-order valence-corrected chi connectivity index (χ2v) is 6.04. The minimum Gasteiger partial charge on any atom is -0.480 e. The van der Waals surface area contributed by atoms with Gasteiger partial charge in [-0.05, 0) is 0 Å². The third-order valence-corrected chi connectivity index (χ3v) is 3.95. The summed E-state index contributed by atoms with van der Waals surface area (Å²) in [5.41, 5.74) is 2.89. The van der Waals surface area contributed by atoms with Crippen LogP contribution in [0, 0.1) is 0 Å². The molecule has 0 unspecified atom stereocenters. The summed E-state index contributed by atoms with van der Waals surface area (Å²) in [4.78, 5) is 20.7. The van der Waals surface area contributed by atoms with Gasteiger partial charge in [-0.1, -0.05) is 60.7 Å². The maximum atomic E-state index is 11.7. The highest BCUT2D eigenvalue weighted by Gasteiger charge is 2.21. The Bertz CT molecular complexity index is 834. The molecule has 0 radical (unpaired) electrons. The van der Waals surface area contributed by atoms with Gasteiger partial charge in [-0.2, -0.15) is 0 Å². The highest BCUT2D eigenvalue weighted by molar-refractivity contribution is 9.10. The van der Waals surface area contributed by atoms with Crippen LogP contribution in [0.3, 0.4) is 0 Å². The molecule has 0 aliphatic carbocycles. The maximum Gasteiger partial charge on any atom is 0.328 e. The Hall–Kier alpha value is -2.73. The third-order valence-electron chi connectivity index (χ3n) is 3.59. The number of hydrogen-bond acceptors (Lipinski definition) is 4. The van der Waals surface area contributed by atoms with Crippen LogP contribution >= 0.6 is 15.9 Å². The van der Waals surface area contributed by atoms with Crippen molar-refractivity contribution in [3.8, 4) is 0 Å². The summed E-state index contributed by atoms with van der Waals surface area (Å²) in [5, 5.41) is 9.61. The smallest absolute Gasteiger partial charge is 0.328 e. The molecule has 1 aromatic heterocycles. The van der Waals surface area contributed by atoms with Crippen LogP contribution in [0.2, 0.25) is 0 Å². The second-order valence-electron chi connectivity index (χ2n) is 5.36. The lowest BCUT2D eigenvalue weighted by Crippen LogP contribution is -2.23. The van der Waals surface area contributed by atoms with E-state index < -0.39 is 12.0 Å². The molecule has 0 amide bonds. The van der Waals surface area contributed by atoms with Crippen molar-refractivity contribution in [1.82, 2.24) is 4.98 Å². The Balaban J connectivity index is 2.01. The third kappa shape index (κ3) is 4.42. The first-order valence-electron chi connectivity index (χ1n) is 7.65. The van der Waals surface area contributed by atoms with Crippen LogP contribution in [0.4, 0.5) is 0 Å². The fraction of sp³-hybridized carbons (Fsp3) is 0.105. The van der Waals surface area contributed by atoms with E-state index in [1.54, 1.807) is 0 Å². The molecule has 0 bridgehead atoms. The number of aliphatic carboxylic acids is 1. The van der Waals surface area contributed by atoms with Crippen molar-refractivity contribution in [3.63, 3.8) is 0 Å². The molecule has 2 aromatic carbocycles. The highest BCUT2D eigenvalue weighted by atomic mass is 79.9. The Kier molecular flexibility index (Phi) is 5.40. The molecule has 6 heteroatoms. The first kappa shape index (κ1) is 17.1. The predicted molar refractivity (Wildman–Crippen MR) is 97.9 cm³/mol. The number of rotatable bonds is 6. The molecule has 1 atom stereocenters. The van der Waals surface area contributed by atoms with Gasteiger partial charge in [-0.25, -0.2) is 9.78 Å². The van der Waals surface area contributed by atoms with Crippen molar-refractivity contribution < 1.29 is 14.3 Å². The zero-order valence-corrected chi connectivity index (χ0v) is 14.8. The average Bonchev–Trinajstić information content (AvgIpc) is 3.05. The molecule has 25 heavy (non-hydrogen) atoms. The standard InChI is InChI=1S/C19H15BrN2O3/c20-19-21-15(12-25-19)11-16(18(23)24)22-17(13-7-3-1-4-8-13)14-9-5-2-6-10-14/h1-10,12,16H,11H2,(H,23,24)/t16-/m0/s1. The first-order chi connectivity index (χ1) is 12.1. The van der Waals surface area contributed by atoms with Gasteiger partial charge in [0.2, 0.25) is 0 Å². The number of aromatic nitrogens is 1. The number of nitrogens with zero attached hydrogens (tertiary/aromatic N) is 2. The van der Waals surface area contributed by atoms with E-state index in [1.807, 2.05) is 60.7 Å². The van der Waals surface area contributed by atoms with E-state index in [4.69, 9.17) is 4.42 Å². The Morgan fingerprint density at radius 3 is 2.08 bits per heavy atom. The lowest BCUT2D eigenvalue weighted by atomic mass is 10.0. The van der Waals surface area contributed by atoms with E-state index in [0.29, 0.717) is 16.2 Å². The van der Waals surface area contributed by atoms with E-state index in [1.165, 1.54) is 6.26 Å². The van der Waals surface area contributed by atoms with Crippen LogP contribution in [0.25, 0.3) is 0 Å². The molecular weight excluding hydrogens is 384 g/mol. The van der Waals surface area contributed by atoms with Crippen LogP contribution in [0.15, 0.2) is 81.1 Å². The van der Waals surface area contributed by atoms with Gasteiger partial charge in [0.1, 0.15) is 6.26 Å². The highest BCUT2D eigenvalue weighted by Crippen LogP contribution is 2.16. The molecule has 1 N–H and O–H groups in total. The van der Waals surface area contributed by atoms with Crippen molar-refractivity contribution >= 4 is 27.6 Å². The van der Waals surface area contributed by atoms with Gasteiger partial charge in [-0.15, -0.1) is 0 Å². The Morgan fingerprint density at radius 2 is 1.64 bits per heavy atom. The number of aliphatic imine (C=N–C) groups is 1. The average molecular weight is 399 g/mol. The number of carboxylic acids is 1. The van der Waals surface area contributed by atoms with Crippen LogP contribution in [-0.2, 0) is 11.2 Å². The van der Waals surface area contributed by atoms with E-state index in [-0.39, 0.29) is 6.42 Å². The fourth-order valence-corrected chi connectivity index (χ4v) is 2.75. The molecule has 3 rings (SSSR count). The van der Waals surface area contributed by atoms with Gasteiger partial charge >= 0.3 is 5.97 Å².